The zero-order chi connectivity index (χ0) is 24.0. The van der Waals surface area contributed by atoms with Crippen LogP contribution < -0.4 is 10.9 Å². The van der Waals surface area contributed by atoms with Gasteiger partial charge in [-0.3, -0.25) is 25.7 Å². The molecule has 0 aliphatic heterocycles. The van der Waals surface area contributed by atoms with Crippen LogP contribution in [0, 0.1) is 5.82 Å². The molecule has 5 rings (SSSR count). The van der Waals surface area contributed by atoms with E-state index in [9.17, 15) is 9.18 Å². The van der Waals surface area contributed by atoms with Gasteiger partial charge in [-0.05, 0) is 66.7 Å². The van der Waals surface area contributed by atoms with Gasteiger partial charge in [0.2, 0.25) is 0 Å². The summed E-state index contributed by atoms with van der Waals surface area (Å²) in [7, 11) is 0. The number of benzene rings is 2. The molecule has 172 valence electrons. The van der Waals surface area contributed by atoms with Gasteiger partial charge in [0.15, 0.2) is 0 Å². The number of carbonyl (C=O) groups is 1. The van der Waals surface area contributed by atoms with Gasteiger partial charge in [-0.1, -0.05) is 30.0 Å². The summed E-state index contributed by atoms with van der Waals surface area (Å²) in [6.07, 6.45) is 7.12. The number of hydrazine groups is 1. The van der Waals surface area contributed by atoms with Crippen molar-refractivity contribution in [1.82, 2.24) is 25.6 Å². The van der Waals surface area contributed by atoms with E-state index in [1.807, 2.05) is 48.6 Å². The molecule has 1 amide bonds. The Morgan fingerprint density at radius 1 is 0.943 bits per heavy atom. The minimum absolute atomic E-state index is 0.0513. The summed E-state index contributed by atoms with van der Waals surface area (Å²) in [6, 6.07) is 21.3. The molecule has 0 bridgehead atoms. The molecule has 0 atom stereocenters. The topological polar surface area (TPSA) is 95.6 Å². The fourth-order valence-electron chi connectivity index (χ4n) is 3.41. The number of nitrogens with one attached hydrogen (secondary N) is 3. The third-order valence-electron chi connectivity index (χ3n) is 5.06. The van der Waals surface area contributed by atoms with Gasteiger partial charge in [-0.25, -0.2) is 9.37 Å². The molecule has 2 aromatic carbocycles. The lowest BCUT2D eigenvalue weighted by molar-refractivity contribution is 0.0955. The highest BCUT2D eigenvalue weighted by atomic mass is 32.2. The molecular weight excluding hydrogens is 463 g/mol. The minimum Gasteiger partial charge on any atom is -0.282 e. The first-order chi connectivity index (χ1) is 17.2. The molecule has 9 heteroatoms. The third-order valence-corrected chi connectivity index (χ3v) is 6.11. The van der Waals surface area contributed by atoms with Crippen LogP contribution in [-0.4, -0.2) is 26.1 Å². The normalized spacial score (nSPS) is 11.1. The standard InChI is InChI=1S/C26H19FN6OS/c27-20-7-5-8-23(25(20)26(34)33-32-24-9-2-4-15-29-24)35-18-11-12-19-21(30-31-22(19)16-18)13-10-17-6-1-3-14-28-17/h1-16H,(H,29,32)(H,30,31)(H,33,34). The summed E-state index contributed by atoms with van der Waals surface area (Å²) < 4.78 is 14.7. The Hall–Kier alpha value is -4.50. The summed E-state index contributed by atoms with van der Waals surface area (Å²) in [5, 5.41) is 8.36. The number of H-pyrrole nitrogens is 1. The molecule has 3 N–H and O–H groups in total. The van der Waals surface area contributed by atoms with Crippen LogP contribution in [0.15, 0.2) is 95.0 Å². The van der Waals surface area contributed by atoms with Crippen LogP contribution in [0.5, 0.6) is 0 Å². The van der Waals surface area contributed by atoms with E-state index in [0.717, 1.165) is 27.2 Å². The zero-order valence-corrected chi connectivity index (χ0v) is 19.1. The van der Waals surface area contributed by atoms with Crippen molar-refractivity contribution in [1.29, 1.82) is 0 Å². The van der Waals surface area contributed by atoms with Crippen LogP contribution in [0.1, 0.15) is 21.7 Å². The maximum Gasteiger partial charge on any atom is 0.273 e. The largest absolute Gasteiger partial charge is 0.282 e. The Labute approximate surface area is 204 Å². The smallest absolute Gasteiger partial charge is 0.273 e. The molecule has 0 spiro atoms. The molecule has 3 aromatic heterocycles. The van der Waals surface area contributed by atoms with Crippen molar-refractivity contribution >= 4 is 46.5 Å². The summed E-state index contributed by atoms with van der Waals surface area (Å²) in [5.41, 5.74) is 7.61. The van der Waals surface area contributed by atoms with Crippen molar-refractivity contribution in [3.63, 3.8) is 0 Å². The second-order valence-corrected chi connectivity index (χ2v) is 8.53. The van der Waals surface area contributed by atoms with Crippen LogP contribution in [0.3, 0.4) is 0 Å². The van der Waals surface area contributed by atoms with Gasteiger partial charge in [-0.2, -0.15) is 5.10 Å². The van der Waals surface area contributed by atoms with Crippen LogP contribution in [0.4, 0.5) is 10.2 Å². The predicted molar refractivity (Wildman–Crippen MR) is 135 cm³/mol. The zero-order valence-electron chi connectivity index (χ0n) is 18.3. The van der Waals surface area contributed by atoms with Gasteiger partial charge >= 0.3 is 0 Å². The van der Waals surface area contributed by atoms with Crippen molar-refractivity contribution in [2.45, 2.75) is 9.79 Å². The number of rotatable bonds is 7. The molecule has 5 aromatic rings. The van der Waals surface area contributed by atoms with Gasteiger partial charge in [0.1, 0.15) is 11.6 Å². The highest BCUT2D eigenvalue weighted by Gasteiger charge is 2.18. The van der Waals surface area contributed by atoms with Crippen molar-refractivity contribution in [3.05, 3.63) is 108 Å². The van der Waals surface area contributed by atoms with Gasteiger partial charge < -0.3 is 0 Å². The van der Waals surface area contributed by atoms with Crippen LogP contribution in [-0.2, 0) is 0 Å². The number of halogens is 1. The van der Waals surface area contributed by atoms with Gasteiger partial charge in [0, 0.05) is 27.6 Å². The van der Waals surface area contributed by atoms with Gasteiger partial charge in [0.25, 0.3) is 5.91 Å². The number of amides is 1. The third kappa shape index (κ3) is 5.20. The molecule has 0 saturated heterocycles. The Morgan fingerprint density at radius 3 is 2.60 bits per heavy atom. The molecule has 0 unspecified atom stereocenters. The molecule has 0 radical (unpaired) electrons. The Bertz CT molecular complexity index is 1500. The maximum atomic E-state index is 14.7. The second kappa shape index (κ2) is 10.2. The molecular formula is C26H19FN6OS. The van der Waals surface area contributed by atoms with Crippen LogP contribution in [0.2, 0.25) is 0 Å². The molecule has 0 fully saturated rings. The highest BCUT2D eigenvalue weighted by Crippen LogP contribution is 2.33. The van der Waals surface area contributed by atoms with E-state index in [1.54, 1.807) is 42.7 Å². The number of aromatic nitrogens is 4. The number of anilines is 1. The molecule has 3 heterocycles. The van der Waals surface area contributed by atoms with Crippen molar-refractivity contribution in [2.24, 2.45) is 0 Å². The first kappa shape index (κ1) is 22.3. The van der Waals surface area contributed by atoms with Crippen molar-refractivity contribution in [3.8, 4) is 0 Å². The Balaban J connectivity index is 1.36. The number of fused-ring (bicyclic) bond motifs is 1. The minimum atomic E-state index is -0.611. The fraction of sp³-hybridized carbons (Fsp3) is 0. The predicted octanol–water partition coefficient (Wildman–Crippen LogP) is 5.57. The Kier molecular flexibility index (Phi) is 6.49. The monoisotopic (exact) mass is 482 g/mol. The summed E-state index contributed by atoms with van der Waals surface area (Å²) >= 11 is 1.29. The van der Waals surface area contributed by atoms with E-state index >= 15 is 0 Å². The maximum absolute atomic E-state index is 14.7. The van der Waals surface area contributed by atoms with Crippen LogP contribution >= 0.6 is 11.8 Å². The number of hydrogen-bond donors (Lipinski definition) is 3. The van der Waals surface area contributed by atoms with E-state index in [2.05, 4.69) is 31.0 Å². The lowest BCUT2D eigenvalue weighted by atomic mass is 10.2. The first-order valence-corrected chi connectivity index (χ1v) is 11.5. The van der Waals surface area contributed by atoms with Crippen LogP contribution in [0.25, 0.3) is 23.1 Å². The summed E-state index contributed by atoms with van der Waals surface area (Å²) in [4.78, 5) is 22.4. The second-order valence-electron chi connectivity index (χ2n) is 7.41. The average molecular weight is 483 g/mol. The summed E-state index contributed by atoms with van der Waals surface area (Å²) in [5.74, 6) is -0.760. The molecule has 0 saturated carbocycles. The molecule has 35 heavy (non-hydrogen) atoms. The molecule has 0 aliphatic rings. The number of hydrogen-bond acceptors (Lipinski definition) is 6. The summed E-state index contributed by atoms with van der Waals surface area (Å²) in [6.45, 7) is 0. The average Bonchev–Trinajstić information content (AvgIpc) is 3.29. The van der Waals surface area contributed by atoms with Gasteiger partial charge in [0.05, 0.1) is 22.5 Å². The van der Waals surface area contributed by atoms with E-state index in [0.29, 0.717) is 10.7 Å². The van der Waals surface area contributed by atoms with Crippen molar-refractivity contribution in [2.75, 3.05) is 5.43 Å². The number of aromatic amines is 1. The SMILES string of the molecule is O=C(NNc1ccccn1)c1c(F)cccc1Sc1ccc2c(C=Cc3ccccn3)n[nH]c2c1. The molecule has 0 aliphatic carbocycles. The lowest BCUT2D eigenvalue weighted by Crippen LogP contribution is -2.30. The lowest BCUT2D eigenvalue weighted by Gasteiger charge is -2.12. The highest BCUT2D eigenvalue weighted by molar-refractivity contribution is 7.99. The van der Waals surface area contributed by atoms with E-state index in [4.69, 9.17) is 0 Å². The van der Waals surface area contributed by atoms with E-state index in [1.165, 1.54) is 17.8 Å². The van der Waals surface area contributed by atoms with E-state index in [-0.39, 0.29) is 5.56 Å². The number of carbonyl (C=O) groups excluding carboxylic acids is 1. The van der Waals surface area contributed by atoms with Gasteiger partial charge in [-0.15, -0.1) is 0 Å². The van der Waals surface area contributed by atoms with E-state index < -0.39 is 11.7 Å². The fourth-order valence-corrected chi connectivity index (χ4v) is 4.41. The molecule has 7 nitrogen and oxygen atoms in total. The first-order valence-electron chi connectivity index (χ1n) is 10.7. The number of pyridine rings is 2. The van der Waals surface area contributed by atoms with Crippen molar-refractivity contribution < 1.29 is 9.18 Å². The quantitative estimate of drug-likeness (QED) is 0.263. The number of nitrogens with zero attached hydrogens (tertiary/aromatic N) is 3. The Morgan fingerprint density at radius 2 is 1.80 bits per heavy atom.